The first kappa shape index (κ1) is 21.5. The van der Waals surface area contributed by atoms with Gasteiger partial charge in [-0.15, -0.1) is 0 Å². The van der Waals surface area contributed by atoms with Crippen molar-refractivity contribution in [1.82, 2.24) is 0 Å². The summed E-state index contributed by atoms with van der Waals surface area (Å²) in [6.07, 6.45) is -2.26. The van der Waals surface area contributed by atoms with E-state index in [2.05, 4.69) is 11.5 Å². The molecule has 0 atom stereocenters. The fourth-order valence-electron chi connectivity index (χ4n) is 1.94. The molecule has 1 heterocycles. The molecule has 0 aliphatic carbocycles. The van der Waals surface area contributed by atoms with Crippen LogP contribution in [0.3, 0.4) is 0 Å². The molecule has 0 amide bonds. The SMILES string of the molecule is CCc1c([Si](OC)(OC)OC)ccc[n+]1C.O=C([O-])C(F)(F)F. The third-order valence-electron chi connectivity index (χ3n) is 3.01. The molecule has 0 spiro atoms. The Morgan fingerprint density at radius 3 is 2.00 bits per heavy atom. The van der Waals surface area contributed by atoms with Gasteiger partial charge in [-0.1, -0.05) is 6.92 Å². The second kappa shape index (κ2) is 8.96. The predicted octanol–water partition coefficient (Wildman–Crippen LogP) is -0.543. The van der Waals surface area contributed by atoms with E-state index in [4.69, 9.17) is 23.2 Å². The van der Waals surface area contributed by atoms with E-state index < -0.39 is 21.0 Å². The van der Waals surface area contributed by atoms with Crippen molar-refractivity contribution in [2.45, 2.75) is 19.5 Å². The highest BCUT2D eigenvalue weighted by Gasteiger charge is 2.45. The molecule has 0 aliphatic heterocycles. The summed E-state index contributed by atoms with van der Waals surface area (Å²) in [6, 6.07) is 3.99. The summed E-state index contributed by atoms with van der Waals surface area (Å²) in [4.78, 5) is 8.78. The van der Waals surface area contributed by atoms with Crippen molar-refractivity contribution >= 4 is 20.0 Å². The number of rotatable bonds is 5. The molecule has 0 unspecified atom stereocenters. The van der Waals surface area contributed by atoms with Gasteiger partial charge in [-0.25, -0.2) is 4.57 Å². The van der Waals surface area contributed by atoms with Gasteiger partial charge in [0.15, 0.2) is 11.9 Å². The van der Waals surface area contributed by atoms with Crippen LogP contribution in [-0.4, -0.2) is 42.3 Å². The molecule has 132 valence electrons. The van der Waals surface area contributed by atoms with Crippen molar-refractivity contribution in [3.05, 3.63) is 24.0 Å². The van der Waals surface area contributed by atoms with Crippen LogP contribution < -0.4 is 14.9 Å². The Balaban J connectivity index is 0.000000585. The average molecular weight is 355 g/mol. The van der Waals surface area contributed by atoms with Crippen molar-refractivity contribution in [2.75, 3.05) is 21.3 Å². The first-order valence-corrected chi connectivity index (χ1v) is 8.23. The zero-order valence-corrected chi connectivity index (χ0v) is 14.6. The Bertz CT molecular complexity index is 513. The number of hydrogen-bond acceptors (Lipinski definition) is 5. The standard InChI is InChI=1S/C11H20NO3Si.C2HF3O2/c1-6-10-11(8-7-9-12(10)2)16(13-3,14-4)15-5;3-2(4,5)1(6)7/h7-9H,6H2,1-5H3;(H,6,7)/q+1;/p-1. The smallest absolute Gasteiger partial charge is 0.542 e. The molecule has 1 rings (SSSR count). The molecule has 0 aromatic carbocycles. The minimum Gasteiger partial charge on any atom is -0.542 e. The maximum absolute atomic E-state index is 10.5. The molecule has 10 heteroatoms. The summed E-state index contributed by atoms with van der Waals surface area (Å²) in [5.41, 5.74) is 1.18. The highest BCUT2D eigenvalue weighted by molar-refractivity contribution is 6.75. The molecule has 1 aromatic heterocycles. The lowest BCUT2D eigenvalue weighted by atomic mass is 10.3. The van der Waals surface area contributed by atoms with Crippen LogP contribution in [0.15, 0.2) is 18.3 Å². The van der Waals surface area contributed by atoms with E-state index >= 15 is 0 Å². The molecular weight excluding hydrogens is 335 g/mol. The molecule has 0 radical (unpaired) electrons. The first-order valence-electron chi connectivity index (χ1n) is 6.51. The predicted molar refractivity (Wildman–Crippen MR) is 74.5 cm³/mol. The van der Waals surface area contributed by atoms with E-state index in [1.54, 1.807) is 21.3 Å². The number of nitrogens with zero attached hydrogens (tertiary/aromatic N) is 1. The van der Waals surface area contributed by atoms with Gasteiger partial charge < -0.3 is 23.2 Å². The Labute approximate surface area is 133 Å². The molecule has 1 aromatic rings. The number of alkyl halides is 3. The third kappa shape index (κ3) is 5.57. The van der Waals surface area contributed by atoms with Crippen molar-refractivity contribution in [3.63, 3.8) is 0 Å². The van der Waals surface area contributed by atoms with Crippen LogP contribution >= 0.6 is 0 Å². The van der Waals surface area contributed by atoms with Crippen molar-refractivity contribution in [3.8, 4) is 0 Å². The Kier molecular flexibility index (Phi) is 8.38. The van der Waals surface area contributed by atoms with Crippen LogP contribution in [0.1, 0.15) is 12.6 Å². The van der Waals surface area contributed by atoms with Gasteiger partial charge in [-0.05, 0) is 6.07 Å². The van der Waals surface area contributed by atoms with Gasteiger partial charge in [0, 0.05) is 33.8 Å². The lowest BCUT2D eigenvalue weighted by Crippen LogP contribution is -2.59. The fraction of sp³-hybridized carbons (Fsp3) is 0.538. The van der Waals surface area contributed by atoms with Gasteiger partial charge in [-0.2, -0.15) is 13.2 Å². The van der Waals surface area contributed by atoms with Crippen molar-refractivity contribution in [2.24, 2.45) is 7.05 Å². The van der Waals surface area contributed by atoms with E-state index in [1.807, 2.05) is 25.4 Å². The summed E-state index contributed by atoms with van der Waals surface area (Å²) >= 11 is 0. The summed E-state index contributed by atoms with van der Waals surface area (Å²) in [5, 5.41) is 9.82. The molecule has 0 aliphatic rings. The number of carbonyl (C=O) groups is 1. The largest absolute Gasteiger partial charge is 0.542 e. The molecule has 0 bridgehead atoms. The molecule has 0 saturated carbocycles. The van der Waals surface area contributed by atoms with Crippen LogP contribution in [0, 0.1) is 0 Å². The lowest BCUT2D eigenvalue weighted by Gasteiger charge is -2.24. The highest BCUT2D eigenvalue weighted by Crippen LogP contribution is 2.11. The molecule has 0 N–H and O–H groups in total. The summed E-state index contributed by atoms with van der Waals surface area (Å²) in [7, 11) is 4.20. The van der Waals surface area contributed by atoms with E-state index in [-0.39, 0.29) is 0 Å². The molecule has 0 saturated heterocycles. The van der Waals surface area contributed by atoms with Crippen LogP contribution in [0.5, 0.6) is 0 Å². The second-order valence-corrected chi connectivity index (χ2v) is 7.16. The van der Waals surface area contributed by atoms with E-state index in [1.165, 1.54) is 5.69 Å². The van der Waals surface area contributed by atoms with Crippen LogP contribution in [0.4, 0.5) is 13.2 Å². The maximum atomic E-state index is 10.5. The van der Waals surface area contributed by atoms with Gasteiger partial charge >= 0.3 is 15.0 Å². The number of carboxylic acids is 1. The van der Waals surface area contributed by atoms with Gasteiger partial charge in [0.05, 0.1) is 5.19 Å². The second-order valence-electron chi connectivity index (χ2n) is 4.29. The van der Waals surface area contributed by atoms with E-state index in [0.717, 1.165) is 11.6 Å². The Morgan fingerprint density at radius 2 is 1.70 bits per heavy atom. The zero-order chi connectivity index (χ0) is 18.3. The Morgan fingerprint density at radius 1 is 1.26 bits per heavy atom. The summed E-state index contributed by atoms with van der Waals surface area (Å²) in [5.74, 6) is -3.01. The van der Waals surface area contributed by atoms with Gasteiger partial charge in [-0.3, -0.25) is 0 Å². The van der Waals surface area contributed by atoms with Crippen LogP contribution in [0.25, 0.3) is 0 Å². The zero-order valence-electron chi connectivity index (χ0n) is 13.6. The number of carboxylic acid groups (broad SMARTS) is 1. The Hall–Kier alpha value is -1.49. The quantitative estimate of drug-likeness (QED) is 0.524. The number of aryl methyl sites for hydroxylation is 1. The molecule has 0 fully saturated rings. The average Bonchev–Trinajstić information content (AvgIpc) is 2.49. The molecule has 23 heavy (non-hydrogen) atoms. The van der Waals surface area contributed by atoms with Crippen LogP contribution in [0.2, 0.25) is 0 Å². The maximum Gasteiger partial charge on any atom is 0.542 e. The summed E-state index contributed by atoms with van der Waals surface area (Å²) < 4.78 is 50.1. The highest BCUT2D eigenvalue weighted by atomic mass is 28.4. The van der Waals surface area contributed by atoms with Crippen molar-refractivity contribution < 1.29 is 40.9 Å². The number of pyridine rings is 1. The number of carbonyl (C=O) groups excluding carboxylic acids is 1. The monoisotopic (exact) mass is 355 g/mol. The van der Waals surface area contributed by atoms with Gasteiger partial charge in [0.2, 0.25) is 0 Å². The lowest BCUT2D eigenvalue weighted by molar-refractivity contribution is -0.678. The van der Waals surface area contributed by atoms with E-state index in [9.17, 15) is 13.2 Å². The number of halogens is 3. The van der Waals surface area contributed by atoms with E-state index in [0.29, 0.717) is 0 Å². The number of hydrogen-bond donors (Lipinski definition) is 0. The minimum absolute atomic E-state index is 0.914. The minimum atomic E-state index is -5.19. The number of aliphatic carboxylic acids is 1. The third-order valence-corrected chi connectivity index (χ3v) is 5.74. The summed E-state index contributed by atoms with van der Waals surface area (Å²) in [6.45, 7) is 2.11. The normalized spacial score (nSPS) is 11.7. The first-order chi connectivity index (χ1) is 10.6. The van der Waals surface area contributed by atoms with Crippen molar-refractivity contribution in [1.29, 1.82) is 0 Å². The van der Waals surface area contributed by atoms with Gasteiger partial charge in [0.1, 0.15) is 13.0 Å². The topological polar surface area (TPSA) is 71.7 Å². The molecular formula is C13H20F3NO5Si. The fourth-order valence-corrected chi connectivity index (χ4v) is 4.11. The van der Waals surface area contributed by atoms with Gasteiger partial charge in [0.25, 0.3) is 0 Å². The number of aromatic nitrogens is 1. The molecule has 6 nitrogen and oxygen atoms in total. The van der Waals surface area contributed by atoms with Crippen LogP contribution in [-0.2, 0) is 31.5 Å².